The van der Waals surface area contributed by atoms with Crippen molar-refractivity contribution in [2.24, 2.45) is 0 Å². The summed E-state index contributed by atoms with van der Waals surface area (Å²) in [5, 5.41) is 8.03. The van der Waals surface area contributed by atoms with Crippen molar-refractivity contribution in [1.29, 1.82) is 0 Å². The summed E-state index contributed by atoms with van der Waals surface area (Å²) in [6, 6.07) is 3.41. The third-order valence-electron chi connectivity index (χ3n) is 3.72. The van der Waals surface area contributed by atoms with Crippen molar-refractivity contribution >= 4 is 0 Å². The molecule has 0 aliphatic heterocycles. The van der Waals surface area contributed by atoms with Gasteiger partial charge in [-0.1, -0.05) is 19.8 Å². The van der Waals surface area contributed by atoms with E-state index in [1.54, 1.807) is 0 Å². The Kier molecular flexibility index (Phi) is 3.99. The molecule has 2 rings (SSSR count). The van der Waals surface area contributed by atoms with Crippen molar-refractivity contribution in [3.63, 3.8) is 0 Å². The standard InChI is InChI=1S/C13H23N3/c1-3-11(14-2)10-12-8-9-16(15-12)13-6-4-5-7-13/h8-9,11,13-14H,3-7,10H2,1-2H3. The maximum atomic E-state index is 4.70. The van der Waals surface area contributed by atoms with Gasteiger partial charge in [-0.3, -0.25) is 4.68 Å². The number of hydrogen-bond acceptors (Lipinski definition) is 2. The molecule has 1 aromatic heterocycles. The molecule has 1 aliphatic rings. The van der Waals surface area contributed by atoms with Gasteiger partial charge in [0.25, 0.3) is 0 Å². The Bertz CT molecular complexity index is 309. The van der Waals surface area contributed by atoms with Gasteiger partial charge in [0.1, 0.15) is 0 Å². The van der Waals surface area contributed by atoms with Gasteiger partial charge in [0.15, 0.2) is 0 Å². The van der Waals surface area contributed by atoms with Crippen molar-refractivity contribution in [2.75, 3.05) is 7.05 Å². The predicted octanol–water partition coefficient (Wildman–Crippen LogP) is 2.54. The van der Waals surface area contributed by atoms with Crippen molar-refractivity contribution in [3.8, 4) is 0 Å². The Morgan fingerprint density at radius 3 is 2.88 bits per heavy atom. The summed E-state index contributed by atoms with van der Waals surface area (Å²) in [7, 11) is 2.03. The second-order valence-electron chi connectivity index (χ2n) is 4.82. The molecule has 1 N–H and O–H groups in total. The maximum absolute atomic E-state index is 4.70. The van der Waals surface area contributed by atoms with E-state index in [1.165, 1.54) is 31.4 Å². The zero-order valence-corrected chi connectivity index (χ0v) is 10.4. The Hall–Kier alpha value is -0.830. The molecule has 3 heteroatoms. The van der Waals surface area contributed by atoms with Gasteiger partial charge in [-0.05, 0) is 32.4 Å². The summed E-state index contributed by atoms with van der Waals surface area (Å²) < 4.78 is 2.19. The van der Waals surface area contributed by atoms with Crippen LogP contribution in [0.15, 0.2) is 12.3 Å². The first-order chi connectivity index (χ1) is 7.83. The van der Waals surface area contributed by atoms with E-state index in [2.05, 4.69) is 29.2 Å². The van der Waals surface area contributed by atoms with E-state index in [9.17, 15) is 0 Å². The van der Waals surface area contributed by atoms with Crippen LogP contribution in [0.5, 0.6) is 0 Å². The first kappa shape index (κ1) is 11.6. The Morgan fingerprint density at radius 1 is 1.50 bits per heavy atom. The lowest BCUT2D eigenvalue weighted by atomic mass is 10.1. The first-order valence-corrected chi connectivity index (χ1v) is 6.54. The van der Waals surface area contributed by atoms with Gasteiger partial charge >= 0.3 is 0 Å². The number of nitrogens with zero attached hydrogens (tertiary/aromatic N) is 2. The summed E-state index contributed by atoms with van der Waals surface area (Å²) >= 11 is 0. The normalized spacial score (nSPS) is 19.1. The average Bonchev–Trinajstić information content (AvgIpc) is 2.96. The summed E-state index contributed by atoms with van der Waals surface area (Å²) in [6.07, 6.45) is 9.73. The number of rotatable bonds is 5. The van der Waals surface area contributed by atoms with Crippen LogP contribution < -0.4 is 5.32 Å². The minimum Gasteiger partial charge on any atom is -0.317 e. The molecule has 0 spiro atoms. The average molecular weight is 221 g/mol. The van der Waals surface area contributed by atoms with Gasteiger partial charge in [0, 0.05) is 18.7 Å². The molecule has 1 heterocycles. The number of likely N-dealkylation sites (N-methyl/N-ethyl adjacent to an activating group) is 1. The Labute approximate surface area is 98.2 Å². The van der Waals surface area contributed by atoms with Crippen LogP contribution in [0.2, 0.25) is 0 Å². The Balaban J connectivity index is 1.96. The number of nitrogens with one attached hydrogen (secondary N) is 1. The van der Waals surface area contributed by atoms with Gasteiger partial charge in [-0.15, -0.1) is 0 Å². The lowest BCUT2D eigenvalue weighted by molar-refractivity contribution is 0.457. The molecule has 1 aliphatic carbocycles. The Morgan fingerprint density at radius 2 is 2.25 bits per heavy atom. The smallest absolute Gasteiger partial charge is 0.0640 e. The predicted molar refractivity (Wildman–Crippen MR) is 66.6 cm³/mol. The molecule has 16 heavy (non-hydrogen) atoms. The van der Waals surface area contributed by atoms with Crippen LogP contribution in [0.25, 0.3) is 0 Å². The molecular weight excluding hydrogens is 198 g/mol. The second kappa shape index (κ2) is 5.48. The summed E-state index contributed by atoms with van der Waals surface area (Å²) in [4.78, 5) is 0. The third-order valence-corrected chi connectivity index (χ3v) is 3.72. The summed E-state index contributed by atoms with van der Waals surface area (Å²) in [5.74, 6) is 0. The minimum absolute atomic E-state index is 0.562. The lowest BCUT2D eigenvalue weighted by Gasteiger charge is -2.12. The molecule has 1 atom stereocenters. The fourth-order valence-corrected chi connectivity index (χ4v) is 2.56. The van der Waals surface area contributed by atoms with E-state index in [0.29, 0.717) is 12.1 Å². The highest BCUT2D eigenvalue weighted by Gasteiger charge is 2.17. The molecule has 90 valence electrons. The summed E-state index contributed by atoms with van der Waals surface area (Å²) in [5.41, 5.74) is 1.23. The maximum Gasteiger partial charge on any atom is 0.0640 e. The van der Waals surface area contributed by atoms with Gasteiger partial charge in [0.05, 0.1) is 11.7 Å². The van der Waals surface area contributed by atoms with Crippen LogP contribution in [-0.4, -0.2) is 22.9 Å². The van der Waals surface area contributed by atoms with Crippen LogP contribution in [0, 0.1) is 0 Å². The van der Waals surface area contributed by atoms with Crippen LogP contribution in [0.4, 0.5) is 0 Å². The van der Waals surface area contributed by atoms with Gasteiger partial charge in [-0.2, -0.15) is 5.10 Å². The third kappa shape index (κ3) is 2.64. The highest BCUT2D eigenvalue weighted by atomic mass is 15.3. The monoisotopic (exact) mass is 221 g/mol. The van der Waals surface area contributed by atoms with E-state index in [0.717, 1.165) is 12.8 Å². The minimum atomic E-state index is 0.562. The van der Waals surface area contributed by atoms with Crippen molar-refractivity contribution in [3.05, 3.63) is 18.0 Å². The largest absolute Gasteiger partial charge is 0.317 e. The van der Waals surface area contributed by atoms with E-state index < -0.39 is 0 Å². The number of aromatic nitrogens is 2. The van der Waals surface area contributed by atoms with Crippen molar-refractivity contribution in [1.82, 2.24) is 15.1 Å². The summed E-state index contributed by atoms with van der Waals surface area (Å²) in [6.45, 7) is 2.22. The van der Waals surface area contributed by atoms with Crippen molar-refractivity contribution < 1.29 is 0 Å². The van der Waals surface area contributed by atoms with Crippen molar-refractivity contribution in [2.45, 2.75) is 57.5 Å². The highest BCUT2D eigenvalue weighted by molar-refractivity contribution is 5.02. The highest BCUT2D eigenvalue weighted by Crippen LogP contribution is 2.28. The van der Waals surface area contributed by atoms with Crippen LogP contribution in [0.3, 0.4) is 0 Å². The second-order valence-corrected chi connectivity index (χ2v) is 4.82. The van der Waals surface area contributed by atoms with Gasteiger partial charge in [0.2, 0.25) is 0 Å². The first-order valence-electron chi connectivity index (χ1n) is 6.54. The van der Waals surface area contributed by atoms with E-state index >= 15 is 0 Å². The molecule has 1 unspecified atom stereocenters. The molecule has 1 aromatic rings. The molecule has 3 nitrogen and oxygen atoms in total. The van der Waals surface area contributed by atoms with Crippen LogP contribution in [-0.2, 0) is 6.42 Å². The number of hydrogen-bond donors (Lipinski definition) is 1. The zero-order valence-electron chi connectivity index (χ0n) is 10.4. The molecule has 1 saturated carbocycles. The molecule has 0 radical (unpaired) electrons. The fourth-order valence-electron chi connectivity index (χ4n) is 2.56. The van der Waals surface area contributed by atoms with E-state index in [4.69, 9.17) is 5.10 Å². The fraction of sp³-hybridized carbons (Fsp3) is 0.769. The molecule has 1 fully saturated rings. The SMILES string of the molecule is CCC(Cc1ccn(C2CCCC2)n1)NC. The molecule has 0 amide bonds. The van der Waals surface area contributed by atoms with Gasteiger partial charge < -0.3 is 5.32 Å². The topological polar surface area (TPSA) is 29.9 Å². The van der Waals surface area contributed by atoms with E-state index in [-0.39, 0.29) is 0 Å². The van der Waals surface area contributed by atoms with Gasteiger partial charge in [-0.25, -0.2) is 0 Å². The quantitative estimate of drug-likeness (QED) is 0.828. The zero-order chi connectivity index (χ0) is 11.4. The molecular formula is C13H23N3. The van der Waals surface area contributed by atoms with Crippen LogP contribution in [0.1, 0.15) is 50.8 Å². The molecule has 0 bridgehead atoms. The van der Waals surface area contributed by atoms with E-state index in [1.807, 2.05) is 7.05 Å². The molecule has 0 aromatic carbocycles. The lowest BCUT2D eigenvalue weighted by Crippen LogP contribution is -2.26. The molecule has 0 saturated heterocycles. The van der Waals surface area contributed by atoms with Crippen LogP contribution >= 0.6 is 0 Å².